The van der Waals surface area contributed by atoms with Crippen molar-refractivity contribution in [1.29, 1.82) is 0 Å². The average Bonchev–Trinajstić information content (AvgIpc) is 3.56. The predicted molar refractivity (Wildman–Crippen MR) is 149 cm³/mol. The fraction of sp³-hybridized carbons (Fsp3) is 0.345. The van der Waals surface area contributed by atoms with Gasteiger partial charge in [0.25, 0.3) is 5.91 Å². The summed E-state index contributed by atoms with van der Waals surface area (Å²) in [6, 6.07) is 8.07. The summed E-state index contributed by atoms with van der Waals surface area (Å²) in [5.74, 6) is 0.728. The third-order valence-corrected chi connectivity index (χ3v) is 8.38. The highest BCUT2D eigenvalue weighted by Crippen LogP contribution is 2.46. The first-order chi connectivity index (χ1) is 18.3. The molecule has 2 aromatic carbocycles. The molecular weight excluding hydrogens is 521 g/mol. The van der Waals surface area contributed by atoms with E-state index >= 15 is 0 Å². The number of H-pyrrole nitrogens is 1. The van der Waals surface area contributed by atoms with E-state index in [1.165, 1.54) is 30.9 Å². The molecule has 1 fully saturated rings. The number of para-hydroxylation sites is 1. The lowest BCUT2D eigenvalue weighted by Crippen LogP contribution is -2.52. The maximum absolute atomic E-state index is 14.9. The van der Waals surface area contributed by atoms with Gasteiger partial charge in [0.15, 0.2) is 0 Å². The van der Waals surface area contributed by atoms with E-state index in [-0.39, 0.29) is 31.0 Å². The molecule has 3 unspecified atom stereocenters. The van der Waals surface area contributed by atoms with Crippen molar-refractivity contribution >= 4 is 48.9 Å². The van der Waals surface area contributed by atoms with Crippen LogP contribution in [0.4, 0.5) is 14.5 Å². The number of fused-ring (bicyclic) bond motifs is 3. The molecule has 10 heteroatoms. The Morgan fingerprint density at radius 2 is 2.05 bits per heavy atom. The third kappa shape index (κ3) is 4.57. The van der Waals surface area contributed by atoms with E-state index < -0.39 is 40.8 Å². The summed E-state index contributed by atoms with van der Waals surface area (Å²) in [6.45, 7) is 4.27. The van der Waals surface area contributed by atoms with Gasteiger partial charge >= 0.3 is 0 Å². The van der Waals surface area contributed by atoms with Gasteiger partial charge in [0.1, 0.15) is 23.2 Å². The molecule has 39 heavy (non-hydrogen) atoms. The Balaban J connectivity index is 1.45. The largest absolute Gasteiger partial charge is 0.350 e. The van der Waals surface area contributed by atoms with Gasteiger partial charge in [-0.2, -0.15) is 0 Å². The van der Waals surface area contributed by atoms with Crippen LogP contribution in [-0.4, -0.2) is 51.9 Å². The summed E-state index contributed by atoms with van der Waals surface area (Å²) < 4.78 is 29.1. The number of aromatic nitrogens is 1. The van der Waals surface area contributed by atoms with Crippen molar-refractivity contribution in [2.45, 2.75) is 56.8 Å². The second-order valence-electron chi connectivity index (χ2n) is 10.9. The molecule has 1 spiro atoms. The van der Waals surface area contributed by atoms with Gasteiger partial charge < -0.3 is 20.5 Å². The Bertz CT molecular complexity index is 1570. The van der Waals surface area contributed by atoms with Crippen molar-refractivity contribution < 1.29 is 23.2 Å². The van der Waals surface area contributed by atoms with E-state index in [2.05, 4.69) is 30.8 Å². The van der Waals surface area contributed by atoms with Gasteiger partial charge in [-0.25, -0.2) is 8.78 Å². The number of benzene rings is 2. The van der Waals surface area contributed by atoms with Crippen LogP contribution in [0.25, 0.3) is 10.9 Å². The number of hydrogen-bond donors (Lipinski definition) is 3. The summed E-state index contributed by atoms with van der Waals surface area (Å²) >= 11 is 0. The van der Waals surface area contributed by atoms with E-state index in [4.69, 9.17) is 6.42 Å². The van der Waals surface area contributed by atoms with Crippen LogP contribution >= 0.6 is 9.24 Å². The molecule has 3 heterocycles. The van der Waals surface area contributed by atoms with Gasteiger partial charge in [0.05, 0.1) is 17.0 Å². The standard InChI is InChI=1S/C29H29F2N4O3P/c1-5-17-12-29(18-8-6-7-9-20(18)34-27(29)38)14-35(17)26(37)22(13-28(3,4)31)33-25(36)21-11-16-10-19(30)15(2)24(39)23(16)32-21/h1,6-11,17,22,32H,12-14,39H2,2-4H3,(H,33,36)(H,34,38)/t17?,22?,29-/m0/s1. The summed E-state index contributed by atoms with van der Waals surface area (Å²) in [5.41, 5.74) is -0.318. The molecule has 2 aliphatic heterocycles. The fourth-order valence-corrected chi connectivity index (χ4v) is 6.01. The minimum Gasteiger partial charge on any atom is -0.350 e. The molecule has 3 amide bonds. The number of terminal acetylenes is 1. The number of aromatic amines is 1. The Hall–Kier alpha value is -3.76. The van der Waals surface area contributed by atoms with E-state index in [0.29, 0.717) is 27.5 Å². The van der Waals surface area contributed by atoms with Crippen molar-refractivity contribution in [3.8, 4) is 12.3 Å². The number of nitrogens with zero attached hydrogens (tertiary/aromatic N) is 1. The monoisotopic (exact) mass is 550 g/mol. The SMILES string of the molecule is C#CC1C[C@@]2(CN1C(=O)C(CC(C)(C)F)NC(=O)c1cc3cc(F)c(C)c(P)c3[nH]1)C(=O)Nc1ccccc12. The number of amides is 3. The highest BCUT2D eigenvalue weighted by atomic mass is 31.0. The molecule has 0 radical (unpaired) electrons. The van der Waals surface area contributed by atoms with Crippen LogP contribution < -0.4 is 15.9 Å². The molecule has 5 rings (SSSR count). The number of anilines is 1. The second-order valence-corrected chi connectivity index (χ2v) is 11.5. The summed E-state index contributed by atoms with van der Waals surface area (Å²) in [6.07, 6.45) is 5.70. The number of alkyl halides is 1. The van der Waals surface area contributed by atoms with Gasteiger partial charge in [-0.15, -0.1) is 15.7 Å². The Morgan fingerprint density at radius 3 is 2.74 bits per heavy atom. The number of rotatable bonds is 5. The van der Waals surface area contributed by atoms with Gasteiger partial charge in [0.2, 0.25) is 11.8 Å². The summed E-state index contributed by atoms with van der Waals surface area (Å²) in [5, 5.41) is 6.60. The van der Waals surface area contributed by atoms with Crippen LogP contribution in [-0.2, 0) is 15.0 Å². The summed E-state index contributed by atoms with van der Waals surface area (Å²) in [7, 11) is 2.46. The molecule has 0 aliphatic carbocycles. The Labute approximate surface area is 227 Å². The first-order valence-corrected chi connectivity index (χ1v) is 13.2. The number of hydrogen-bond acceptors (Lipinski definition) is 3. The second kappa shape index (κ2) is 9.46. The maximum atomic E-state index is 14.9. The van der Waals surface area contributed by atoms with Crippen LogP contribution in [0.3, 0.4) is 0 Å². The van der Waals surface area contributed by atoms with Crippen molar-refractivity contribution in [3.05, 3.63) is 59.0 Å². The average molecular weight is 551 g/mol. The van der Waals surface area contributed by atoms with Crippen molar-refractivity contribution in [3.63, 3.8) is 0 Å². The molecule has 1 aromatic heterocycles. The number of halogens is 2. The first kappa shape index (κ1) is 26.8. The van der Waals surface area contributed by atoms with Gasteiger partial charge in [-0.1, -0.05) is 24.1 Å². The molecular formula is C29H29F2N4O3P. The Kier molecular flexibility index (Phi) is 6.51. The number of likely N-dealkylation sites (tertiary alicyclic amines) is 1. The first-order valence-electron chi connectivity index (χ1n) is 12.6. The molecule has 202 valence electrons. The maximum Gasteiger partial charge on any atom is 0.268 e. The Morgan fingerprint density at radius 1 is 1.33 bits per heavy atom. The number of carbonyl (C=O) groups is 3. The van der Waals surface area contributed by atoms with Crippen LogP contribution in [0.15, 0.2) is 36.4 Å². The number of nitrogens with one attached hydrogen (secondary N) is 3. The molecule has 7 nitrogen and oxygen atoms in total. The molecule has 2 aliphatic rings. The molecule has 0 saturated carbocycles. The smallest absolute Gasteiger partial charge is 0.268 e. The molecule has 3 aromatic rings. The summed E-state index contributed by atoms with van der Waals surface area (Å²) in [4.78, 5) is 44.7. The van der Waals surface area contributed by atoms with Gasteiger partial charge in [-0.3, -0.25) is 14.4 Å². The predicted octanol–water partition coefficient (Wildman–Crippen LogP) is 3.48. The minimum atomic E-state index is -1.80. The van der Waals surface area contributed by atoms with Crippen LogP contribution in [0.2, 0.25) is 0 Å². The van der Waals surface area contributed by atoms with Crippen molar-refractivity contribution in [2.75, 3.05) is 11.9 Å². The third-order valence-electron chi connectivity index (χ3n) is 7.66. The van der Waals surface area contributed by atoms with E-state index in [0.717, 1.165) is 5.56 Å². The molecule has 1 saturated heterocycles. The topological polar surface area (TPSA) is 94.3 Å². The van der Waals surface area contributed by atoms with Crippen molar-refractivity contribution in [1.82, 2.24) is 15.2 Å². The highest BCUT2D eigenvalue weighted by molar-refractivity contribution is 7.28. The lowest BCUT2D eigenvalue weighted by molar-refractivity contribution is -0.134. The zero-order valence-corrected chi connectivity index (χ0v) is 23.0. The van der Waals surface area contributed by atoms with Crippen LogP contribution in [0.5, 0.6) is 0 Å². The van der Waals surface area contributed by atoms with E-state index in [1.54, 1.807) is 13.0 Å². The normalized spacial score (nSPS) is 21.1. The zero-order valence-electron chi connectivity index (χ0n) is 21.8. The van der Waals surface area contributed by atoms with Crippen LogP contribution in [0, 0.1) is 25.1 Å². The fourth-order valence-electron chi connectivity index (χ4n) is 5.63. The molecule has 0 bridgehead atoms. The lowest BCUT2D eigenvalue weighted by Gasteiger charge is -2.30. The quantitative estimate of drug-likeness (QED) is 0.336. The molecule has 4 atom stereocenters. The molecule has 3 N–H and O–H groups in total. The number of carbonyl (C=O) groups excluding carboxylic acids is 3. The highest BCUT2D eigenvalue weighted by Gasteiger charge is 2.56. The van der Waals surface area contributed by atoms with Gasteiger partial charge in [-0.05, 0) is 61.8 Å². The van der Waals surface area contributed by atoms with Crippen molar-refractivity contribution in [2.24, 2.45) is 0 Å². The van der Waals surface area contributed by atoms with Crippen LogP contribution in [0.1, 0.15) is 48.3 Å². The minimum absolute atomic E-state index is 0.00396. The zero-order chi connectivity index (χ0) is 28.3. The van der Waals surface area contributed by atoms with E-state index in [1.807, 2.05) is 18.2 Å². The van der Waals surface area contributed by atoms with Gasteiger partial charge in [0, 0.05) is 24.0 Å². The van der Waals surface area contributed by atoms with E-state index in [9.17, 15) is 23.2 Å². The lowest BCUT2D eigenvalue weighted by atomic mass is 9.79.